The van der Waals surface area contributed by atoms with E-state index in [4.69, 9.17) is 10.5 Å². The Hall–Kier alpha value is -0.890. The largest absolute Gasteiger partial charge is 0.383 e. The van der Waals surface area contributed by atoms with Gasteiger partial charge in [0.2, 0.25) is 5.91 Å². The van der Waals surface area contributed by atoms with Gasteiger partial charge in [-0.2, -0.15) is 0 Å². The molecule has 0 rings (SSSR count). The fourth-order valence-electron chi connectivity index (χ4n) is 1.59. The molecule has 0 radical (unpaired) electrons. The second-order valence-electron chi connectivity index (χ2n) is 4.77. The van der Waals surface area contributed by atoms with Crippen molar-refractivity contribution in [2.45, 2.75) is 51.3 Å². The standard InChI is InChI=1S/C13H27N3O4.ClH/c1-4-5-6-10(14)11(17)13(19)16-9(2)12(18)15-7-8-20-3;/h9-11,17H,4-8,14H2,1-3H3,(H,15,18)(H,16,19);1H/t9-,10-,11?;/m1./s1. The highest BCUT2D eigenvalue weighted by atomic mass is 35.5. The van der Waals surface area contributed by atoms with Gasteiger partial charge in [-0.15, -0.1) is 12.4 Å². The lowest BCUT2D eigenvalue weighted by Crippen LogP contribution is -2.52. The average molecular weight is 326 g/mol. The van der Waals surface area contributed by atoms with Crippen LogP contribution in [0.15, 0.2) is 0 Å². The number of hydrogen-bond acceptors (Lipinski definition) is 5. The first-order valence-corrected chi connectivity index (χ1v) is 6.94. The number of halogens is 1. The lowest BCUT2D eigenvalue weighted by atomic mass is 10.0. The molecular weight excluding hydrogens is 298 g/mol. The SMILES string of the molecule is CCCC[C@@H](N)C(O)C(=O)N[C@H](C)C(=O)NCCOC.Cl. The topological polar surface area (TPSA) is 114 Å². The van der Waals surface area contributed by atoms with Crippen LogP contribution in [-0.2, 0) is 14.3 Å². The monoisotopic (exact) mass is 325 g/mol. The summed E-state index contributed by atoms with van der Waals surface area (Å²) in [7, 11) is 1.53. The van der Waals surface area contributed by atoms with Gasteiger partial charge in [-0.05, 0) is 13.3 Å². The fourth-order valence-corrected chi connectivity index (χ4v) is 1.59. The van der Waals surface area contributed by atoms with Crippen LogP contribution in [0.3, 0.4) is 0 Å². The minimum Gasteiger partial charge on any atom is -0.383 e. The third kappa shape index (κ3) is 9.62. The maximum absolute atomic E-state index is 11.7. The smallest absolute Gasteiger partial charge is 0.251 e. The van der Waals surface area contributed by atoms with E-state index in [-0.39, 0.29) is 18.3 Å². The number of nitrogens with one attached hydrogen (secondary N) is 2. The zero-order valence-corrected chi connectivity index (χ0v) is 13.7. The molecule has 8 heteroatoms. The third-order valence-corrected chi connectivity index (χ3v) is 2.92. The quantitative estimate of drug-likeness (QED) is 0.406. The van der Waals surface area contributed by atoms with E-state index in [1.165, 1.54) is 7.11 Å². The molecule has 0 aromatic carbocycles. The number of unbranched alkanes of at least 4 members (excludes halogenated alkanes) is 1. The molecule has 0 aliphatic rings. The summed E-state index contributed by atoms with van der Waals surface area (Å²) in [4.78, 5) is 23.4. The molecule has 5 N–H and O–H groups in total. The van der Waals surface area contributed by atoms with E-state index in [2.05, 4.69) is 10.6 Å². The highest BCUT2D eigenvalue weighted by Gasteiger charge is 2.25. The van der Waals surface area contributed by atoms with Crippen LogP contribution in [0.25, 0.3) is 0 Å². The Morgan fingerprint density at radius 3 is 2.48 bits per heavy atom. The summed E-state index contributed by atoms with van der Waals surface area (Å²) in [6.07, 6.45) is 1.06. The van der Waals surface area contributed by atoms with Gasteiger partial charge in [-0.3, -0.25) is 9.59 Å². The van der Waals surface area contributed by atoms with Crippen LogP contribution < -0.4 is 16.4 Å². The number of carbonyl (C=O) groups is 2. The number of rotatable bonds is 10. The van der Waals surface area contributed by atoms with E-state index in [0.717, 1.165) is 12.8 Å². The number of aliphatic hydroxyl groups is 1. The van der Waals surface area contributed by atoms with Crippen LogP contribution in [0.5, 0.6) is 0 Å². The summed E-state index contributed by atoms with van der Waals surface area (Å²) in [5.41, 5.74) is 5.73. The van der Waals surface area contributed by atoms with Crippen molar-refractivity contribution in [3.63, 3.8) is 0 Å². The third-order valence-electron chi connectivity index (χ3n) is 2.92. The molecule has 0 fully saturated rings. The second-order valence-corrected chi connectivity index (χ2v) is 4.77. The molecule has 0 saturated heterocycles. The van der Waals surface area contributed by atoms with Crippen LogP contribution in [0.4, 0.5) is 0 Å². The van der Waals surface area contributed by atoms with Crippen LogP contribution in [-0.4, -0.2) is 55.4 Å². The van der Waals surface area contributed by atoms with E-state index in [1.54, 1.807) is 6.92 Å². The van der Waals surface area contributed by atoms with Gasteiger partial charge in [0.25, 0.3) is 5.91 Å². The lowest BCUT2D eigenvalue weighted by Gasteiger charge is -2.20. The molecule has 0 bridgehead atoms. The molecule has 0 heterocycles. The molecular formula is C13H28ClN3O4. The number of amides is 2. The van der Waals surface area contributed by atoms with Crippen LogP contribution in [0.1, 0.15) is 33.1 Å². The van der Waals surface area contributed by atoms with Crippen LogP contribution in [0.2, 0.25) is 0 Å². The van der Waals surface area contributed by atoms with Gasteiger partial charge in [-0.1, -0.05) is 19.8 Å². The van der Waals surface area contributed by atoms with Gasteiger partial charge >= 0.3 is 0 Å². The molecule has 21 heavy (non-hydrogen) atoms. The number of aliphatic hydroxyl groups excluding tert-OH is 1. The van der Waals surface area contributed by atoms with Gasteiger partial charge in [0, 0.05) is 19.7 Å². The first-order valence-electron chi connectivity index (χ1n) is 6.94. The van der Waals surface area contributed by atoms with Gasteiger partial charge in [0.1, 0.15) is 12.1 Å². The Morgan fingerprint density at radius 1 is 1.33 bits per heavy atom. The fraction of sp³-hybridized carbons (Fsp3) is 0.846. The molecule has 0 aliphatic heterocycles. The summed E-state index contributed by atoms with van der Waals surface area (Å²) in [5.74, 6) is -0.951. The maximum Gasteiger partial charge on any atom is 0.251 e. The summed E-state index contributed by atoms with van der Waals surface area (Å²) in [6, 6.07) is -1.34. The number of nitrogens with two attached hydrogens (primary N) is 1. The molecule has 0 aromatic rings. The van der Waals surface area contributed by atoms with E-state index >= 15 is 0 Å². The van der Waals surface area contributed by atoms with E-state index < -0.39 is 24.1 Å². The maximum atomic E-state index is 11.7. The summed E-state index contributed by atoms with van der Waals surface area (Å²) >= 11 is 0. The Morgan fingerprint density at radius 2 is 1.95 bits per heavy atom. The molecule has 0 aromatic heterocycles. The van der Waals surface area contributed by atoms with Gasteiger partial charge < -0.3 is 26.2 Å². The minimum absolute atomic E-state index is 0. The van der Waals surface area contributed by atoms with Crippen molar-refractivity contribution >= 4 is 24.2 Å². The number of carbonyl (C=O) groups excluding carboxylic acids is 2. The van der Waals surface area contributed by atoms with E-state index in [1.807, 2.05) is 6.92 Å². The van der Waals surface area contributed by atoms with Gasteiger partial charge in [0.15, 0.2) is 0 Å². The summed E-state index contributed by atoms with van der Waals surface area (Å²) < 4.78 is 4.80. The minimum atomic E-state index is -1.30. The molecule has 3 atom stereocenters. The van der Waals surface area contributed by atoms with Crippen molar-refractivity contribution < 1.29 is 19.4 Å². The molecule has 1 unspecified atom stereocenters. The van der Waals surface area contributed by atoms with Crippen molar-refractivity contribution in [1.29, 1.82) is 0 Å². The van der Waals surface area contributed by atoms with Crippen molar-refractivity contribution in [2.75, 3.05) is 20.3 Å². The van der Waals surface area contributed by atoms with Crippen LogP contribution >= 0.6 is 12.4 Å². The van der Waals surface area contributed by atoms with E-state index in [9.17, 15) is 14.7 Å². The molecule has 0 saturated carbocycles. The number of hydrogen-bond donors (Lipinski definition) is 4. The number of methoxy groups -OCH3 is 1. The molecule has 7 nitrogen and oxygen atoms in total. The predicted octanol–water partition coefficient (Wildman–Crippen LogP) is -0.446. The van der Waals surface area contributed by atoms with Crippen molar-refractivity contribution in [3.8, 4) is 0 Å². The summed E-state index contributed by atoms with van der Waals surface area (Å²) in [5, 5.41) is 14.8. The molecule has 0 spiro atoms. The summed E-state index contributed by atoms with van der Waals surface area (Å²) in [6.45, 7) is 4.32. The predicted molar refractivity (Wildman–Crippen MR) is 83.2 cm³/mol. The van der Waals surface area contributed by atoms with Crippen LogP contribution in [0, 0.1) is 0 Å². The highest BCUT2D eigenvalue weighted by Crippen LogP contribution is 2.03. The zero-order valence-electron chi connectivity index (χ0n) is 12.9. The first kappa shape index (κ1) is 22.4. The normalized spacial score (nSPS) is 14.5. The van der Waals surface area contributed by atoms with E-state index in [0.29, 0.717) is 19.6 Å². The van der Waals surface area contributed by atoms with Crippen molar-refractivity contribution in [3.05, 3.63) is 0 Å². The van der Waals surface area contributed by atoms with Gasteiger partial charge in [0.05, 0.1) is 6.61 Å². The Balaban J connectivity index is 0. The van der Waals surface area contributed by atoms with Crippen molar-refractivity contribution in [2.24, 2.45) is 5.73 Å². The Bertz CT molecular complexity index is 305. The second kappa shape index (κ2) is 12.8. The molecule has 0 aliphatic carbocycles. The van der Waals surface area contributed by atoms with Gasteiger partial charge in [-0.25, -0.2) is 0 Å². The first-order chi connectivity index (χ1) is 9.43. The Kier molecular flexibility index (Phi) is 13.7. The number of ether oxygens (including phenoxy) is 1. The lowest BCUT2D eigenvalue weighted by molar-refractivity contribution is -0.134. The Labute approximate surface area is 132 Å². The average Bonchev–Trinajstić information content (AvgIpc) is 2.43. The molecule has 126 valence electrons. The zero-order chi connectivity index (χ0) is 15.5. The molecule has 2 amide bonds. The van der Waals surface area contributed by atoms with Crippen molar-refractivity contribution in [1.82, 2.24) is 10.6 Å². The highest BCUT2D eigenvalue weighted by molar-refractivity contribution is 5.89.